The molecule has 7 atom stereocenters. The molecule has 2 fully saturated rings. The Morgan fingerprint density at radius 2 is 1.28 bits per heavy atom. The first kappa shape index (κ1) is 43.9. The average Bonchev–Trinajstić information content (AvgIpc) is 3.77. The van der Waals surface area contributed by atoms with Crippen molar-refractivity contribution in [3.05, 3.63) is 130 Å². The molecule has 6 rings (SSSR count). The van der Waals surface area contributed by atoms with E-state index >= 15 is 0 Å². The van der Waals surface area contributed by atoms with Crippen LogP contribution in [0.2, 0.25) is 0 Å². The second-order valence-corrected chi connectivity index (χ2v) is 15.9. The minimum Gasteiger partial charge on any atom is -0.456 e. The van der Waals surface area contributed by atoms with Crippen LogP contribution >= 0.6 is 11.8 Å². The van der Waals surface area contributed by atoms with Crippen molar-refractivity contribution in [1.82, 2.24) is 15.1 Å². The van der Waals surface area contributed by atoms with E-state index in [1.807, 2.05) is 0 Å². The Kier molecular flexibility index (Phi) is 13.5. The quantitative estimate of drug-likeness (QED) is 0.0594. The number of likely N-dealkylation sites (tertiary alicyclic amines) is 1. The van der Waals surface area contributed by atoms with Crippen LogP contribution in [0.3, 0.4) is 0 Å². The van der Waals surface area contributed by atoms with Crippen molar-refractivity contribution in [2.24, 2.45) is 11.8 Å². The number of nitrogens with one attached hydrogen (secondary N) is 1. The summed E-state index contributed by atoms with van der Waals surface area (Å²) in [6.07, 6.45) is -4.07. The second kappa shape index (κ2) is 18.7. The summed E-state index contributed by atoms with van der Waals surface area (Å²) in [5, 5.41) is 56.9. The molecule has 0 unspecified atom stereocenters. The minimum absolute atomic E-state index is 0.0319. The number of nitro groups is 3. The number of aliphatic hydroxyl groups is 2. The molecule has 22 heteroatoms. The molecule has 3 aromatic rings. The van der Waals surface area contributed by atoms with Crippen LogP contribution in [0.15, 0.2) is 83.4 Å². The third-order valence-electron chi connectivity index (χ3n) is 10.6. The molecule has 3 N–H and O–H groups in total. The average molecular weight is 865 g/mol. The van der Waals surface area contributed by atoms with Gasteiger partial charge in [-0.1, -0.05) is 6.92 Å². The van der Waals surface area contributed by atoms with E-state index in [1.165, 1.54) is 101 Å². The van der Waals surface area contributed by atoms with E-state index < -0.39 is 80.2 Å². The molecular formula is C39H40N6O15S. The fourth-order valence-corrected chi connectivity index (χ4v) is 8.98. The Hall–Kier alpha value is -6.65. The molecule has 3 aliphatic rings. The molecule has 21 nitrogen and oxygen atoms in total. The fraction of sp³-hybridized carbons (Fsp3) is 0.385. The number of nitro benzene ring substituents is 3. The molecule has 0 bridgehead atoms. The number of esters is 1. The lowest BCUT2D eigenvalue weighted by Crippen LogP contribution is -2.63. The normalized spacial score (nSPS) is 21.5. The van der Waals surface area contributed by atoms with Crippen LogP contribution < -0.4 is 5.32 Å². The van der Waals surface area contributed by atoms with Crippen LogP contribution in [0.1, 0.15) is 37.0 Å². The number of thioether (sulfide) groups is 1. The van der Waals surface area contributed by atoms with Crippen molar-refractivity contribution < 1.29 is 58.4 Å². The van der Waals surface area contributed by atoms with Crippen LogP contribution in [0, 0.1) is 42.2 Å². The number of hydrogen-bond acceptors (Lipinski definition) is 16. The van der Waals surface area contributed by atoms with Crippen molar-refractivity contribution in [3.8, 4) is 0 Å². The van der Waals surface area contributed by atoms with Crippen LogP contribution in [-0.4, -0.2) is 101 Å². The number of amides is 3. The number of hydrogen-bond donors (Lipinski definition) is 3. The van der Waals surface area contributed by atoms with Gasteiger partial charge in [-0.25, -0.2) is 14.4 Å². The largest absolute Gasteiger partial charge is 0.456 e. The molecule has 3 aliphatic heterocycles. The first-order valence-corrected chi connectivity index (χ1v) is 19.7. The Bertz CT molecular complexity index is 2220. The molecule has 3 aromatic carbocycles. The third kappa shape index (κ3) is 9.88. The van der Waals surface area contributed by atoms with Crippen LogP contribution in [0.4, 0.5) is 26.7 Å². The lowest BCUT2D eigenvalue weighted by Gasteiger charge is -2.46. The highest BCUT2D eigenvalue weighted by molar-refractivity contribution is 8.03. The van der Waals surface area contributed by atoms with Gasteiger partial charge in [0.2, 0.25) is 5.91 Å². The lowest BCUT2D eigenvalue weighted by atomic mass is 9.79. The SMILES string of the molecule is C[C@@H](O)[C@H]1C(=O)N2C(C(=O)OCc3ccc([N+](=O)[O-])cc3)=C(S[C@H]3C[C@@H]([C@@H](O)CNC(=O)OCc4ccc([N+](=O)[O-])cc4)N(C(=O)OCc4ccc([N+](=O)[O-])cc4)C3)[C@H](C)[C@H]12. The van der Waals surface area contributed by atoms with E-state index in [1.54, 1.807) is 6.92 Å². The first-order chi connectivity index (χ1) is 29.0. The highest BCUT2D eigenvalue weighted by Gasteiger charge is 2.60. The van der Waals surface area contributed by atoms with Crippen LogP contribution in [0.5, 0.6) is 0 Å². The van der Waals surface area contributed by atoms with Gasteiger partial charge in [0, 0.05) is 65.6 Å². The van der Waals surface area contributed by atoms with E-state index in [0.29, 0.717) is 21.6 Å². The number of rotatable bonds is 16. The zero-order chi connectivity index (χ0) is 44.1. The predicted molar refractivity (Wildman–Crippen MR) is 212 cm³/mol. The molecule has 3 amide bonds. The van der Waals surface area contributed by atoms with E-state index in [-0.39, 0.29) is 62.1 Å². The van der Waals surface area contributed by atoms with Gasteiger partial charge in [0.15, 0.2) is 0 Å². The Morgan fingerprint density at radius 3 is 1.75 bits per heavy atom. The molecule has 2 saturated heterocycles. The number of nitrogens with zero attached hydrogens (tertiary/aromatic N) is 5. The van der Waals surface area contributed by atoms with Gasteiger partial charge in [0.1, 0.15) is 25.5 Å². The number of non-ortho nitro benzene ring substituents is 3. The molecule has 0 aliphatic carbocycles. The number of carbonyl (C=O) groups excluding carboxylic acids is 4. The topological polar surface area (TPSA) is 284 Å². The Balaban J connectivity index is 1.18. The van der Waals surface area contributed by atoms with E-state index in [0.717, 1.165) is 0 Å². The zero-order valence-corrected chi connectivity index (χ0v) is 33.4. The monoisotopic (exact) mass is 864 g/mol. The molecule has 322 valence electrons. The summed E-state index contributed by atoms with van der Waals surface area (Å²) in [5.41, 5.74) is 0.869. The van der Waals surface area contributed by atoms with Crippen molar-refractivity contribution in [2.75, 3.05) is 13.1 Å². The zero-order valence-electron chi connectivity index (χ0n) is 32.6. The van der Waals surface area contributed by atoms with Crippen LogP contribution in [-0.2, 0) is 43.6 Å². The van der Waals surface area contributed by atoms with Gasteiger partial charge in [0.05, 0.1) is 45.0 Å². The number of ether oxygens (including phenoxy) is 3. The standard InChI is InChI=1S/C39H40N6O15S/c1-21-33-32(22(2)46)36(48)42(33)34(37(49)58-18-23-3-9-26(10-4-23)43(52)53)35(21)61-29-15-30(41(17-29)39(51)60-20-25-7-13-28(14-8-25)45(56)57)31(47)16-40-38(50)59-19-24-5-11-27(12-6-24)44(54)55/h3-14,21-22,29-33,46-47H,15-20H2,1-2H3,(H,40,50)/t21-,22-,29+,30+,31+,32-,33-/m1/s1. The third-order valence-corrected chi connectivity index (χ3v) is 12.1. The van der Waals surface area contributed by atoms with E-state index in [2.05, 4.69) is 5.32 Å². The minimum atomic E-state index is -1.38. The van der Waals surface area contributed by atoms with Gasteiger partial charge in [-0.15, -0.1) is 11.8 Å². The lowest BCUT2D eigenvalue weighted by molar-refractivity contribution is -0.385. The molecule has 61 heavy (non-hydrogen) atoms. The Morgan fingerprint density at radius 1 is 0.803 bits per heavy atom. The molecule has 0 aromatic heterocycles. The Labute approximate surface area is 350 Å². The highest BCUT2D eigenvalue weighted by Crippen LogP contribution is 2.52. The van der Waals surface area contributed by atoms with Gasteiger partial charge >= 0.3 is 18.2 Å². The maximum atomic E-state index is 13.8. The van der Waals surface area contributed by atoms with E-state index in [4.69, 9.17) is 14.2 Å². The molecule has 0 radical (unpaired) electrons. The number of β-lactam (4-membered cyclic amide) rings is 1. The summed E-state index contributed by atoms with van der Waals surface area (Å²) >= 11 is 1.19. The maximum absolute atomic E-state index is 13.8. The van der Waals surface area contributed by atoms with Gasteiger partial charge in [-0.05, 0) is 66.4 Å². The molecule has 0 spiro atoms. The van der Waals surface area contributed by atoms with Gasteiger partial charge in [-0.2, -0.15) is 0 Å². The predicted octanol–water partition coefficient (Wildman–Crippen LogP) is 4.32. The molecule has 3 heterocycles. The van der Waals surface area contributed by atoms with Gasteiger partial charge < -0.3 is 39.5 Å². The van der Waals surface area contributed by atoms with Gasteiger partial charge in [0.25, 0.3) is 17.1 Å². The summed E-state index contributed by atoms with van der Waals surface area (Å²) in [5.74, 6) is -2.60. The summed E-state index contributed by atoms with van der Waals surface area (Å²) in [6.45, 7) is 2.09. The van der Waals surface area contributed by atoms with Crippen molar-refractivity contribution in [1.29, 1.82) is 0 Å². The van der Waals surface area contributed by atoms with Crippen LogP contribution in [0.25, 0.3) is 0 Å². The van der Waals surface area contributed by atoms with Gasteiger partial charge in [-0.3, -0.25) is 35.1 Å². The summed E-state index contributed by atoms with van der Waals surface area (Å²) in [7, 11) is 0. The summed E-state index contributed by atoms with van der Waals surface area (Å²) < 4.78 is 16.4. The molecular weight excluding hydrogens is 825 g/mol. The summed E-state index contributed by atoms with van der Waals surface area (Å²) in [4.78, 5) is 87.8. The number of carbonyl (C=O) groups is 4. The number of benzene rings is 3. The molecule has 0 saturated carbocycles. The number of fused-ring (bicyclic) bond motifs is 1. The fourth-order valence-electron chi connectivity index (χ4n) is 7.45. The van der Waals surface area contributed by atoms with E-state index in [9.17, 15) is 59.7 Å². The van der Waals surface area contributed by atoms with Crippen molar-refractivity contribution in [2.45, 2.75) is 69.6 Å². The highest BCUT2D eigenvalue weighted by atomic mass is 32.2. The smallest absolute Gasteiger partial charge is 0.410 e. The number of alkyl carbamates (subject to hydrolysis) is 1. The van der Waals surface area contributed by atoms with Crippen molar-refractivity contribution in [3.63, 3.8) is 0 Å². The summed E-state index contributed by atoms with van der Waals surface area (Å²) in [6, 6.07) is 14.6. The second-order valence-electron chi connectivity index (χ2n) is 14.6. The maximum Gasteiger partial charge on any atom is 0.410 e. The number of aliphatic hydroxyl groups excluding tert-OH is 2. The first-order valence-electron chi connectivity index (χ1n) is 18.8. The van der Waals surface area contributed by atoms with Crippen molar-refractivity contribution >= 4 is 52.9 Å².